The predicted octanol–water partition coefficient (Wildman–Crippen LogP) is 1.65. The second-order valence-corrected chi connectivity index (χ2v) is 5.07. The van der Waals surface area contributed by atoms with Crippen LogP contribution in [-0.2, 0) is 6.18 Å². The SMILES string of the molecule is C=C(C)Oc1cc(-n2c(=O)cc(C(F)(F)F)n(N)c2=O)c(F)cc1C#N. The summed E-state index contributed by atoms with van der Waals surface area (Å²) in [5.41, 5.74) is -5.80. The molecule has 1 aromatic carbocycles. The highest BCUT2D eigenvalue weighted by molar-refractivity contribution is 5.51. The third-order valence-corrected chi connectivity index (χ3v) is 3.12. The molecule has 0 spiro atoms. The number of allylic oxidation sites excluding steroid dienone is 1. The molecule has 2 N–H and O–H groups in total. The maximum absolute atomic E-state index is 14.3. The molecule has 0 radical (unpaired) electrons. The number of nitriles is 1. The monoisotopic (exact) mass is 370 g/mol. The molecular weight excluding hydrogens is 360 g/mol. The summed E-state index contributed by atoms with van der Waals surface area (Å²) >= 11 is 0. The van der Waals surface area contributed by atoms with Crippen molar-refractivity contribution in [2.24, 2.45) is 0 Å². The fourth-order valence-electron chi connectivity index (χ4n) is 2.07. The summed E-state index contributed by atoms with van der Waals surface area (Å²) in [6, 6.07) is 3.18. The van der Waals surface area contributed by atoms with Crippen LogP contribution in [0.4, 0.5) is 17.6 Å². The van der Waals surface area contributed by atoms with Crippen LogP contribution in [-0.4, -0.2) is 9.24 Å². The Morgan fingerprint density at radius 3 is 2.42 bits per heavy atom. The second kappa shape index (κ2) is 6.40. The largest absolute Gasteiger partial charge is 0.461 e. The van der Waals surface area contributed by atoms with Crippen molar-refractivity contribution in [3.63, 3.8) is 0 Å². The number of nitrogen functional groups attached to an aromatic ring is 1. The van der Waals surface area contributed by atoms with E-state index in [-0.39, 0.29) is 32.4 Å². The van der Waals surface area contributed by atoms with E-state index in [9.17, 15) is 27.2 Å². The third kappa shape index (κ3) is 3.30. The molecule has 11 heteroatoms. The number of hydrogen-bond acceptors (Lipinski definition) is 5. The fourth-order valence-corrected chi connectivity index (χ4v) is 2.07. The van der Waals surface area contributed by atoms with E-state index in [4.69, 9.17) is 15.8 Å². The van der Waals surface area contributed by atoms with E-state index in [0.717, 1.165) is 6.07 Å². The van der Waals surface area contributed by atoms with Gasteiger partial charge in [0.15, 0.2) is 5.69 Å². The molecule has 2 rings (SSSR count). The number of benzene rings is 1. The van der Waals surface area contributed by atoms with Gasteiger partial charge in [-0.3, -0.25) is 4.79 Å². The highest BCUT2D eigenvalue weighted by Crippen LogP contribution is 2.28. The molecule has 0 aliphatic heterocycles. The summed E-state index contributed by atoms with van der Waals surface area (Å²) in [6.07, 6.45) is -5.07. The molecule has 0 saturated carbocycles. The molecule has 0 unspecified atom stereocenters. The normalized spacial score (nSPS) is 11.1. The van der Waals surface area contributed by atoms with Gasteiger partial charge in [0.2, 0.25) is 0 Å². The van der Waals surface area contributed by atoms with Crippen LogP contribution in [0.2, 0.25) is 0 Å². The van der Waals surface area contributed by atoms with Crippen LogP contribution in [0.1, 0.15) is 18.2 Å². The number of halogens is 4. The van der Waals surface area contributed by atoms with Crippen LogP contribution < -0.4 is 21.8 Å². The lowest BCUT2D eigenvalue weighted by molar-refractivity contribution is -0.143. The van der Waals surface area contributed by atoms with E-state index in [0.29, 0.717) is 6.07 Å². The van der Waals surface area contributed by atoms with Crippen LogP contribution in [0.25, 0.3) is 5.69 Å². The van der Waals surface area contributed by atoms with Gasteiger partial charge in [0, 0.05) is 12.1 Å². The molecule has 136 valence electrons. The van der Waals surface area contributed by atoms with Crippen molar-refractivity contribution >= 4 is 0 Å². The highest BCUT2D eigenvalue weighted by Gasteiger charge is 2.36. The Labute approximate surface area is 142 Å². The summed E-state index contributed by atoms with van der Waals surface area (Å²) in [7, 11) is 0. The molecule has 0 aliphatic rings. The summed E-state index contributed by atoms with van der Waals surface area (Å²) < 4.78 is 57.6. The maximum Gasteiger partial charge on any atom is 0.433 e. The van der Waals surface area contributed by atoms with Crippen LogP contribution in [0.15, 0.2) is 40.1 Å². The molecule has 1 heterocycles. The van der Waals surface area contributed by atoms with Gasteiger partial charge in [-0.05, 0) is 13.0 Å². The molecule has 26 heavy (non-hydrogen) atoms. The first-order valence-corrected chi connectivity index (χ1v) is 6.76. The van der Waals surface area contributed by atoms with Crippen LogP contribution >= 0.6 is 0 Å². The van der Waals surface area contributed by atoms with Gasteiger partial charge in [-0.25, -0.2) is 18.4 Å². The van der Waals surface area contributed by atoms with Crippen LogP contribution in [0, 0.1) is 17.1 Å². The van der Waals surface area contributed by atoms with Crippen molar-refractivity contribution in [3.05, 3.63) is 68.4 Å². The zero-order valence-electron chi connectivity index (χ0n) is 13.1. The van der Waals surface area contributed by atoms with Gasteiger partial charge in [0.25, 0.3) is 5.56 Å². The minimum Gasteiger partial charge on any atom is -0.461 e. The molecule has 0 saturated heterocycles. The van der Waals surface area contributed by atoms with Crippen molar-refractivity contribution < 1.29 is 22.3 Å². The zero-order chi connectivity index (χ0) is 19.8. The van der Waals surface area contributed by atoms with Crippen LogP contribution in [0.5, 0.6) is 5.75 Å². The van der Waals surface area contributed by atoms with Gasteiger partial charge in [0.05, 0.1) is 17.0 Å². The van der Waals surface area contributed by atoms with Crippen molar-refractivity contribution in [2.75, 3.05) is 5.84 Å². The summed E-state index contributed by atoms with van der Waals surface area (Å²) in [5.74, 6) is 3.75. The topological polar surface area (TPSA) is 103 Å². The summed E-state index contributed by atoms with van der Waals surface area (Å²) in [4.78, 5) is 24.1. The molecule has 0 bridgehead atoms. The van der Waals surface area contributed by atoms with Crippen molar-refractivity contribution in [2.45, 2.75) is 13.1 Å². The standard InChI is InChI=1S/C15H10F4N4O3/c1-7(2)26-11-4-10(9(16)3-8(11)6-20)22-13(24)5-12(15(17,18)19)23(21)14(22)25/h3-5H,1,21H2,2H3. The van der Waals surface area contributed by atoms with E-state index in [2.05, 4.69) is 6.58 Å². The van der Waals surface area contributed by atoms with Gasteiger partial charge in [-0.1, -0.05) is 6.58 Å². The number of nitrogens with two attached hydrogens (primary N) is 1. The van der Waals surface area contributed by atoms with Gasteiger partial charge in [-0.15, -0.1) is 0 Å². The number of aromatic nitrogens is 2. The number of alkyl halides is 3. The van der Waals surface area contributed by atoms with E-state index in [1.807, 2.05) is 0 Å². The Kier molecular flexibility index (Phi) is 4.62. The Balaban J connectivity index is 2.84. The molecule has 7 nitrogen and oxygen atoms in total. The van der Waals surface area contributed by atoms with Gasteiger partial charge in [0.1, 0.15) is 17.6 Å². The van der Waals surface area contributed by atoms with E-state index >= 15 is 0 Å². The first-order valence-electron chi connectivity index (χ1n) is 6.76. The average molecular weight is 370 g/mol. The molecule has 0 atom stereocenters. The van der Waals surface area contributed by atoms with E-state index < -0.39 is 34.6 Å². The number of nitrogens with zero attached hydrogens (tertiary/aromatic N) is 3. The third-order valence-electron chi connectivity index (χ3n) is 3.12. The maximum atomic E-state index is 14.3. The first kappa shape index (κ1) is 18.8. The van der Waals surface area contributed by atoms with Crippen molar-refractivity contribution in [3.8, 4) is 17.5 Å². The molecule has 0 aliphatic carbocycles. The van der Waals surface area contributed by atoms with Crippen molar-refractivity contribution in [1.29, 1.82) is 5.26 Å². The molecule has 1 aromatic heterocycles. The zero-order valence-corrected chi connectivity index (χ0v) is 13.1. The Hall–Kier alpha value is -3.55. The predicted molar refractivity (Wildman–Crippen MR) is 81.6 cm³/mol. The van der Waals surface area contributed by atoms with E-state index in [1.54, 1.807) is 6.07 Å². The quantitative estimate of drug-likeness (QED) is 0.503. The minimum atomic E-state index is -5.07. The van der Waals surface area contributed by atoms with Gasteiger partial charge in [-0.2, -0.15) is 18.4 Å². The lowest BCUT2D eigenvalue weighted by Crippen LogP contribution is -2.45. The highest BCUT2D eigenvalue weighted by atomic mass is 19.4. The average Bonchev–Trinajstić information content (AvgIpc) is 2.51. The number of hydrogen-bond donors (Lipinski definition) is 1. The Morgan fingerprint density at radius 2 is 1.92 bits per heavy atom. The summed E-state index contributed by atoms with van der Waals surface area (Å²) in [6.45, 7) is 4.85. The molecular formula is C15H10F4N4O3. The first-order chi connectivity index (χ1) is 12.0. The van der Waals surface area contributed by atoms with Crippen molar-refractivity contribution in [1.82, 2.24) is 9.24 Å². The molecule has 0 fully saturated rings. The Morgan fingerprint density at radius 1 is 1.31 bits per heavy atom. The molecule has 2 aromatic rings. The lowest BCUT2D eigenvalue weighted by Gasteiger charge is -2.15. The van der Waals surface area contributed by atoms with Gasteiger partial charge >= 0.3 is 11.9 Å². The van der Waals surface area contributed by atoms with E-state index in [1.165, 1.54) is 6.92 Å². The Bertz CT molecular complexity index is 1060. The molecule has 0 amide bonds. The fraction of sp³-hybridized carbons (Fsp3) is 0.133. The lowest BCUT2D eigenvalue weighted by atomic mass is 10.2. The number of rotatable bonds is 3. The minimum absolute atomic E-state index is 0.0539. The summed E-state index contributed by atoms with van der Waals surface area (Å²) in [5, 5.41) is 8.99. The van der Waals surface area contributed by atoms with Gasteiger partial charge < -0.3 is 10.6 Å². The number of ether oxygens (including phenoxy) is 1. The second-order valence-electron chi connectivity index (χ2n) is 5.07. The van der Waals surface area contributed by atoms with Crippen LogP contribution in [0.3, 0.4) is 0 Å². The smallest absolute Gasteiger partial charge is 0.433 e.